The van der Waals surface area contributed by atoms with Crippen LogP contribution in [0.5, 0.6) is 5.75 Å². The van der Waals surface area contributed by atoms with Crippen molar-refractivity contribution < 1.29 is 19.1 Å². The van der Waals surface area contributed by atoms with Crippen molar-refractivity contribution in [2.24, 2.45) is 0 Å². The number of nitrogens with one attached hydrogen (secondary N) is 1. The van der Waals surface area contributed by atoms with Gasteiger partial charge in [-0.3, -0.25) is 9.59 Å². The third-order valence-electron chi connectivity index (χ3n) is 4.46. The average Bonchev–Trinajstić information content (AvgIpc) is 2.70. The number of ether oxygens (including phenoxy) is 2. The lowest BCUT2D eigenvalue weighted by atomic mass is 10.1. The van der Waals surface area contributed by atoms with Crippen molar-refractivity contribution in [2.75, 3.05) is 33.4 Å². The third-order valence-corrected chi connectivity index (χ3v) is 4.46. The first kappa shape index (κ1) is 18.9. The van der Waals surface area contributed by atoms with Gasteiger partial charge in [-0.2, -0.15) is 0 Å². The maximum atomic E-state index is 12.6. The molecule has 1 aliphatic heterocycles. The van der Waals surface area contributed by atoms with Gasteiger partial charge in [0.05, 0.1) is 18.3 Å². The zero-order valence-electron chi connectivity index (χ0n) is 15.4. The Labute approximate surface area is 159 Å². The van der Waals surface area contributed by atoms with Gasteiger partial charge in [-0.1, -0.05) is 42.5 Å². The Hall–Kier alpha value is -2.86. The molecule has 2 amide bonds. The Balaban J connectivity index is 1.53. The zero-order chi connectivity index (χ0) is 19.1. The molecule has 6 heteroatoms. The van der Waals surface area contributed by atoms with Gasteiger partial charge in [0, 0.05) is 26.6 Å². The maximum Gasteiger partial charge on any atom is 0.255 e. The highest BCUT2D eigenvalue weighted by Gasteiger charge is 2.24. The molecule has 0 spiro atoms. The van der Waals surface area contributed by atoms with Crippen LogP contribution in [0.4, 0.5) is 0 Å². The quantitative estimate of drug-likeness (QED) is 0.811. The fourth-order valence-electron chi connectivity index (χ4n) is 2.89. The summed E-state index contributed by atoms with van der Waals surface area (Å²) in [6.07, 6.45) is 0.565. The number of carbonyl (C=O) groups excluding carboxylic acids is 2. The van der Waals surface area contributed by atoms with Crippen LogP contribution in [0.25, 0.3) is 0 Å². The van der Waals surface area contributed by atoms with E-state index in [1.165, 1.54) is 5.56 Å². The molecule has 1 atom stereocenters. The number of carbonyl (C=O) groups is 2. The summed E-state index contributed by atoms with van der Waals surface area (Å²) >= 11 is 0. The molecule has 2 aromatic carbocycles. The number of morpholine rings is 1. The van der Waals surface area contributed by atoms with Crippen LogP contribution in [-0.2, 0) is 16.0 Å². The number of benzene rings is 2. The molecule has 1 aliphatic rings. The maximum absolute atomic E-state index is 12.6. The molecular formula is C21H24N2O4. The summed E-state index contributed by atoms with van der Waals surface area (Å²) < 4.78 is 11.3. The Bertz CT molecular complexity index is 779. The largest absolute Gasteiger partial charge is 0.492 e. The van der Waals surface area contributed by atoms with E-state index in [0.717, 1.165) is 6.42 Å². The monoisotopic (exact) mass is 368 g/mol. The molecular weight excluding hydrogens is 344 g/mol. The number of likely N-dealkylation sites (N-methyl/N-ethyl adjacent to an activating group) is 1. The number of nitrogens with zero attached hydrogens (tertiary/aromatic N) is 1. The Kier molecular flexibility index (Phi) is 6.44. The molecule has 1 saturated heterocycles. The number of rotatable bonds is 7. The van der Waals surface area contributed by atoms with E-state index >= 15 is 0 Å². The van der Waals surface area contributed by atoms with E-state index in [1.807, 2.05) is 42.5 Å². The van der Waals surface area contributed by atoms with Crippen LogP contribution in [0.2, 0.25) is 0 Å². The van der Waals surface area contributed by atoms with Crippen LogP contribution in [0.1, 0.15) is 15.9 Å². The minimum Gasteiger partial charge on any atom is -0.492 e. The molecule has 2 aromatic rings. The molecule has 1 heterocycles. The summed E-state index contributed by atoms with van der Waals surface area (Å²) in [5.74, 6) is 0.297. The molecule has 0 radical (unpaired) electrons. The molecule has 3 rings (SSSR count). The van der Waals surface area contributed by atoms with Crippen molar-refractivity contribution in [1.82, 2.24) is 10.2 Å². The fourth-order valence-corrected chi connectivity index (χ4v) is 2.89. The lowest BCUT2D eigenvalue weighted by molar-refractivity contribution is -0.146. The summed E-state index contributed by atoms with van der Waals surface area (Å²) in [7, 11) is 1.73. The summed E-state index contributed by atoms with van der Waals surface area (Å²) in [5, 5.41) is 2.87. The van der Waals surface area contributed by atoms with Crippen LogP contribution in [0.3, 0.4) is 0 Å². The number of hydrogen-bond acceptors (Lipinski definition) is 4. The van der Waals surface area contributed by atoms with Crippen LogP contribution in [0, 0.1) is 0 Å². The molecule has 0 bridgehead atoms. The van der Waals surface area contributed by atoms with Crippen molar-refractivity contribution >= 4 is 11.8 Å². The second-order valence-electron chi connectivity index (χ2n) is 6.50. The van der Waals surface area contributed by atoms with Crippen molar-refractivity contribution in [3.8, 4) is 5.75 Å². The SMILES string of the molecule is CN1CC(CNC(=O)c2ccccc2OCCc2ccccc2)OCC1=O. The van der Waals surface area contributed by atoms with Gasteiger partial charge < -0.3 is 19.7 Å². The molecule has 6 nitrogen and oxygen atoms in total. The van der Waals surface area contributed by atoms with E-state index in [-0.39, 0.29) is 24.5 Å². The molecule has 0 saturated carbocycles. The Morgan fingerprint density at radius 3 is 2.70 bits per heavy atom. The van der Waals surface area contributed by atoms with E-state index in [1.54, 1.807) is 24.1 Å². The van der Waals surface area contributed by atoms with E-state index in [0.29, 0.717) is 31.0 Å². The predicted octanol–water partition coefficient (Wildman–Crippen LogP) is 1.90. The molecule has 0 aliphatic carbocycles. The number of para-hydroxylation sites is 1. The van der Waals surface area contributed by atoms with Gasteiger partial charge in [-0.15, -0.1) is 0 Å². The molecule has 1 N–H and O–H groups in total. The van der Waals surface area contributed by atoms with Crippen molar-refractivity contribution in [3.05, 3.63) is 65.7 Å². The zero-order valence-corrected chi connectivity index (χ0v) is 15.4. The normalized spacial score (nSPS) is 16.9. The number of hydrogen-bond donors (Lipinski definition) is 1. The standard InChI is InChI=1S/C21H24N2O4/c1-23-14-17(27-15-20(23)24)13-22-21(25)18-9-5-6-10-19(18)26-12-11-16-7-3-2-4-8-16/h2-10,17H,11-15H2,1H3,(H,22,25). The van der Waals surface area contributed by atoms with Gasteiger partial charge in [0.1, 0.15) is 12.4 Å². The second-order valence-corrected chi connectivity index (χ2v) is 6.50. The second kappa shape index (κ2) is 9.19. The van der Waals surface area contributed by atoms with Crippen molar-refractivity contribution in [2.45, 2.75) is 12.5 Å². The van der Waals surface area contributed by atoms with Gasteiger partial charge in [0.15, 0.2) is 0 Å². The summed E-state index contributed by atoms with van der Waals surface area (Å²) in [4.78, 5) is 25.6. The molecule has 0 aromatic heterocycles. The van der Waals surface area contributed by atoms with Crippen LogP contribution in [-0.4, -0.2) is 56.2 Å². The molecule has 27 heavy (non-hydrogen) atoms. The Morgan fingerprint density at radius 1 is 1.19 bits per heavy atom. The highest BCUT2D eigenvalue weighted by atomic mass is 16.5. The molecule has 1 fully saturated rings. The fraction of sp³-hybridized carbons (Fsp3) is 0.333. The van der Waals surface area contributed by atoms with Crippen LogP contribution < -0.4 is 10.1 Å². The minimum atomic E-state index is -0.214. The first-order chi connectivity index (χ1) is 13.1. The first-order valence-electron chi connectivity index (χ1n) is 9.03. The number of amides is 2. The average molecular weight is 368 g/mol. The lowest BCUT2D eigenvalue weighted by Crippen LogP contribution is -2.48. The highest BCUT2D eigenvalue weighted by molar-refractivity contribution is 5.96. The van der Waals surface area contributed by atoms with E-state index in [9.17, 15) is 9.59 Å². The van der Waals surface area contributed by atoms with Gasteiger partial charge in [-0.25, -0.2) is 0 Å². The van der Waals surface area contributed by atoms with Gasteiger partial charge >= 0.3 is 0 Å². The van der Waals surface area contributed by atoms with Crippen LogP contribution in [0.15, 0.2) is 54.6 Å². The minimum absolute atomic E-state index is 0.0465. The first-order valence-corrected chi connectivity index (χ1v) is 9.03. The highest BCUT2D eigenvalue weighted by Crippen LogP contribution is 2.18. The van der Waals surface area contributed by atoms with E-state index in [4.69, 9.17) is 9.47 Å². The van der Waals surface area contributed by atoms with E-state index in [2.05, 4.69) is 5.32 Å². The van der Waals surface area contributed by atoms with Gasteiger partial charge in [0.25, 0.3) is 5.91 Å². The molecule has 1 unspecified atom stereocenters. The van der Waals surface area contributed by atoms with Crippen molar-refractivity contribution in [1.29, 1.82) is 0 Å². The summed E-state index contributed by atoms with van der Waals surface area (Å²) in [6.45, 7) is 1.35. The van der Waals surface area contributed by atoms with Gasteiger partial charge in [-0.05, 0) is 17.7 Å². The van der Waals surface area contributed by atoms with E-state index < -0.39 is 0 Å². The Morgan fingerprint density at radius 2 is 1.93 bits per heavy atom. The summed E-state index contributed by atoms with van der Waals surface area (Å²) in [5.41, 5.74) is 1.68. The van der Waals surface area contributed by atoms with Gasteiger partial charge in [0.2, 0.25) is 5.91 Å². The van der Waals surface area contributed by atoms with Crippen molar-refractivity contribution in [3.63, 3.8) is 0 Å². The van der Waals surface area contributed by atoms with Crippen LogP contribution >= 0.6 is 0 Å². The predicted molar refractivity (Wildman–Crippen MR) is 102 cm³/mol. The molecule has 142 valence electrons. The third kappa shape index (κ3) is 5.31. The topological polar surface area (TPSA) is 67.9 Å². The summed E-state index contributed by atoms with van der Waals surface area (Å²) in [6, 6.07) is 17.3. The smallest absolute Gasteiger partial charge is 0.255 e. The lowest BCUT2D eigenvalue weighted by Gasteiger charge is -2.29.